The molecular weight excluding hydrogens is 368 g/mol. The van der Waals surface area contributed by atoms with Crippen molar-refractivity contribution in [3.63, 3.8) is 0 Å². The number of rotatable bonds is 4. The number of aryl methyl sites for hydroxylation is 1. The molecule has 0 bridgehead atoms. The van der Waals surface area contributed by atoms with E-state index in [4.69, 9.17) is 0 Å². The molecule has 1 atom stereocenters. The Balaban J connectivity index is 1.55. The van der Waals surface area contributed by atoms with Crippen molar-refractivity contribution in [2.24, 2.45) is 11.3 Å². The highest BCUT2D eigenvalue weighted by atomic mass is 32.1. The molecule has 5 nitrogen and oxygen atoms in total. The zero-order chi connectivity index (χ0) is 19.9. The molecule has 0 aliphatic heterocycles. The van der Waals surface area contributed by atoms with E-state index in [2.05, 4.69) is 42.8 Å². The van der Waals surface area contributed by atoms with Crippen molar-refractivity contribution in [1.82, 2.24) is 20.6 Å². The molecule has 3 aromatic rings. The summed E-state index contributed by atoms with van der Waals surface area (Å²) in [6, 6.07) is 11.9. The van der Waals surface area contributed by atoms with E-state index in [0.717, 1.165) is 40.1 Å². The van der Waals surface area contributed by atoms with Gasteiger partial charge in [0, 0.05) is 11.1 Å². The van der Waals surface area contributed by atoms with E-state index >= 15 is 0 Å². The highest BCUT2D eigenvalue weighted by Crippen LogP contribution is 2.35. The van der Waals surface area contributed by atoms with Gasteiger partial charge in [0.15, 0.2) is 0 Å². The molecule has 1 aromatic carbocycles. The summed E-state index contributed by atoms with van der Waals surface area (Å²) in [4.78, 5) is 14.4. The Kier molecular flexibility index (Phi) is 4.75. The number of carbonyl (C=O) groups excluding carboxylic acids is 1. The van der Waals surface area contributed by atoms with Crippen LogP contribution in [0.25, 0.3) is 15.9 Å². The third-order valence-electron chi connectivity index (χ3n) is 5.11. The number of fused-ring (bicyclic) bond motifs is 1. The van der Waals surface area contributed by atoms with E-state index in [1.165, 1.54) is 11.3 Å². The molecule has 0 radical (unpaired) electrons. The van der Waals surface area contributed by atoms with Crippen molar-refractivity contribution in [2.45, 2.75) is 40.5 Å². The number of hydrogen-bond acceptors (Lipinski definition) is 4. The van der Waals surface area contributed by atoms with Gasteiger partial charge in [-0.2, -0.15) is 5.10 Å². The minimum absolute atomic E-state index is 0.114. The number of nitrogens with zero attached hydrogens (tertiary/aromatic N) is 2. The van der Waals surface area contributed by atoms with E-state index in [-0.39, 0.29) is 11.3 Å². The molecule has 1 aliphatic carbocycles. The fourth-order valence-electron chi connectivity index (χ4n) is 4.12. The SMILES string of the molecule is Cc1nn(-c2ccccc2)c2sc(C(=O)NNC3=CC(C)(C)C[C@H](C)C3)cc12. The molecule has 1 amide bonds. The third kappa shape index (κ3) is 3.69. The van der Waals surface area contributed by atoms with Gasteiger partial charge in [-0.25, -0.2) is 4.68 Å². The number of aromatic nitrogens is 2. The average Bonchev–Trinajstić information content (AvgIpc) is 3.20. The first-order chi connectivity index (χ1) is 13.3. The molecule has 0 saturated heterocycles. The molecule has 0 spiro atoms. The Hall–Kier alpha value is -2.60. The lowest BCUT2D eigenvalue weighted by Gasteiger charge is -2.32. The van der Waals surface area contributed by atoms with Gasteiger partial charge in [-0.3, -0.25) is 10.2 Å². The lowest BCUT2D eigenvalue weighted by atomic mass is 9.76. The molecule has 146 valence electrons. The second-order valence-corrected chi connectivity index (χ2v) is 9.44. The Bertz CT molecular complexity index is 1050. The lowest BCUT2D eigenvalue weighted by molar-refractivity contribution is 0.0940. The zero-order valence-electron chi connectivity index (χ0n) is 16.7. The van der Waals surface area contributed by atoms with Gasteiger partial charge in [0.2, 0.25) is 0 Å². The largest absolute Gasteiger partial charge is 0.303 e. The van der Waals surface area contributed by atoms with Crippen LogP contribution in [0.5, 0.6) is 0 Å². The van der Waals surface area contributed by atoms with Crippen LogP contribution in [0.1, 0.15) is 49.0 Å². The van der Waals surface area contributed by atoms with Crippen molar-refractivity contribution < 1.29 is 4.79 Å². The molecule has 4 rings (SSSR count). The maximum Gasteiger partial charge on any atom is 0.279 e. The first-order valence-corrected chi connectivity index (χ1v) is 10.5. The summed E-state index contributed by atoms with van der Waals surface area (Å²) < 4.78 is 1.91. The van der Waals surface area contributed by atoms with Gasteiger partial charge in [-0.1, -0.05) is 45.0 Å². The molecular formula is C22H26N4OS. The number of thiophene rings is 1. The van der Waals surface area contributed by atoms with Crippen LogP contribution in [0.2, 0.25) is 0 Å². The van der Waals surface area contributed by atoms with Gasteiger partial charge >= 0.3 is 0 Å². The number of nitrogens with one attached hydrogen (secondary N) is 2. The summed E-state index contributed by atoms with van der Waals surface area (Å²) in [5.41, 5.74) is 9.19. The highest BCUT2D eigenvalue weighted by molar-refractivity contribution is 7.20. The van der Waals surface area contributed by atoms with Crippen molar-refractivity contribution in [2.75, 3.05) is 0 Å². The second-order valence-electron chi connectivity index (χ2n) is 8.41. The molecule has 28 heavy (non-hydrogen) atoms. The quantitative estimate of drug-likeness (QED) is 0.614. The van der Waals surface area contributed by atoms with E-state index in [9.17, 15) is 4.79 Å². The Morgan fingerprint density at radius 3 is 2.75 bits per heavy atom. The highest BCUT2D eigenvalue weighted by Gasteiger charge is 2.25. The van der Waals surface area contributed by atoms with Gasteiger partial charge < -0.3 is 5.43 Å². The van der Waals surface area contributed by atoms with Crippen LogP contribution in [0.15, 0.2) is 48.2 Å². The molecule has 2 N–H and O–H groups in total. The Labute approximate surface area is 169 Å². The summed E-state index contributed by atoms with van der Waals surface area (Å²) in [5.74, 6) is 0.486. The molecule has 0 fully saturated rings. The molecule has 0 unspecified atom stereocenters. The van der Waals surface area contributed by atoms with Crippen LogP contribution in [0.4, 0.5) is 0 Å². The number of carbonyl (C=O) groups is 1. The summed E-state index contributed by atoms with van der Waals surface area (Å²) in [6.07, 6.45) is 4.35. The fraction of sp³-hybridized carbons (Fsp3) is 0.364. The number of benzene rings is 1. The van der Waals surface area contributed by atoms with Crippen molar-refractivity contribution in [3.05, 3.63) is 58.7 Å². The van der Waals surface area contributed by atoms with Crippen LogP contribution < -0.4 is 10.9 Å². The Morgan fingerprint density at radius 2 is 2.04 bits per heavy atom. The van der Waals surface area contributed by atoms with E-state index in [1.54, 1.807) is 0 Å². The van der Waals surface area contributed by atoms with Crippen LogP contribution in [-0.2, 0) is 0 Å². The summed E-state index contributed by atoms with van der Waals surface area (Å²) in [5, 5.41) is 5.65. The maximum atomic E-state index is 12.7. The van der Waals surface area contributed by atoms with E-state index in [1.807, 2.05) is 48.0 Å². The Morgan fingerprint density at radius 1 is 1.29 bits per heavy atom. The van der Waals surface area contributed by atoms with Crippen molar-refractivity contribution >= 4 is 27.5 Å². The van der Waals surface area contributed by atoms with Crippen molar-refractivity contribution in [3.8, 4) is 5.69 Å². The first-order valence-electron chi connectivity index (χ1n) is 9.65. The average molecular weight is 395 g/mol. The summed E-state index contributed by atoms with van der Waals surface area (Å²) in [7, 11) is 0. The van der Waals surface area contributed by atoms with Gasteiger partial charge in [0.25, 0.3) is 5.91 Å². The number of amides is 1. The molecule has 0 saturated carbocycles. The number of hydrazine groups is 1. The molecule has 2 aromatic heterocycles. The van der Waals surface area contributed by atoms with Crippen LogP contribution in [0, 0.1) is 18.3 Å². The number of hydrogen-bond donors (Lipinski definition) is 2. The van der Waals surface area contributed by atoms with Gasteiger partial charge in [0.05, 0.1) is 16.3 Å². The van der Waals surface area contributed by atoms with Crippen LogP contribution in [-0.4, -0.2) is 15.7 Å². The minimum atomic E-state index is -0.114. The monoisotopic (exact) mass is 394 g/mol. The smallest absolute Gasteiger partial charge is 0.279 e. The predicted octanol–water partition coefficient (Wildman–Crippen LogP) is 4.97. The standard InChI is InChI=1S/C22H26N4OS/c1-14-10-16(13-22(3,4)12-14)23-24-20(27)19-11-18-15(2)25-26(21(18)28-19)17-8-6-5-7-9-17/h5-9,11,13-14,23H,10,12H2,1-4H3,(H,24,27)/t14-/m1/s1. The molecule has 1 aliphatic rings. The van der Waals surface area contributed by atoms with Crippen LogP contribution in [0.3, 0.4) is 0 Å². The fourth-order valence-corrected chi connectivity index (χ4v) is 5.20. The lowest BCUT2D eigenvalue weighted by Crippen LogP contribution is -2.38. The first kappa shape index (κ1) is 18.7. The minimum Gasteiger partial charge on any atom is -0.303 e. The van der Waals surface area contributed by atoms with E-state index in [0.29, 0.717) is 10.8 Å². The normalized spacial score (nSPS) is 18.7. The number of allylic oxidation sites excluding steroid dienone is 2. The molecule has 2 heterocycles. The van der Waals surface area contributed by atoms with Crippen LogP contribution >= 0.6 is 11.3 Å². The molecule has 6 heteroatoms. The second kappa shape index (κ2) is 7.09. The third-order valence-corrected chi connectivity index (χ3v) is 6.22. The summed E-state index contributed by atoms with van der Waals surface area (Å²) in [6.45, 7) is 8.69. The summed E-state index contributed by atoms with van der Waals surface area (Å²) >= 11 is 1.46. The topological polar surface area (TPSA) is 59.0 Å². The number of para-hydroxylation sites is 1. The predicted molar refractivity (Wildman–Crippen MR) is 115 cm³/mol. The van der Waals surface area contributed by atoms with Crippen molar-refractivity contribution in [1.29, 1.82) is 0 Å². The van der Waals surface area contributed by atoms with E-state index < -0.39 is 0 Å². The zero-order valence-corrected chi connectivity index (χ0v) is 17.6. The van der Waals surface area contributed by atoms with Gasteiger partial charge in [0.1, 0.15) is 4.83 Å². The van der Waals surface area contributed by atoms with Gasteiger partial charge in [-0.05, 0) is 49.3 Å². The maximum absolute atomic E-state index is 12.7. The van der Waals surface area contributed by atoms with Gasteiger partial charge in [-0.15, -0.1) is 11.3 Å².